The summed E-state index contributed by atoms with van der Waals surface area (Å²) in [6, 6.07) is 13.3. The number of anilines is 1. The first-order valence-electron chi connectivity index (χ1n) is 10.8. The third-order valence-corrected chi connectivity index (χ3v) is 7.27. The summed E-state index contributed by atoms with van der Waals surface area (Å²) in [5, 5.41) is 3.16. The number of halogens is 1. The lowest BCUT2D eigenvalue weighted by molar-refractivity contribution is -0.123. The minimum Gasteiger partial charge on any atom is -0.465 e. The Kier molecular flexibility index (Phi) is 7.29. The Labute approximate surface area is 206 Å². The SMILES string of the molecule is COC(=O)c1c(NC(=O)C(C)OC(=O)c2cccnc2Cl)sc2c1CCC(c1ccccc1)C2. The fourth-order valence-corrected chi connectivity index (χ4v) is 5.55. The Morgan fingerprint density at radius 3 is 2.62 bits per heavy atom. The highest BCUT2D eigenvalue weighted by Crippen LogP contribution is 2.42. The van der Waals surface area contributed by atoms with Crippen LogP contribution in [0.15, 0.2) is 48.7 Å². The molecular formula is C25H23ClN2O5S. The van der Waals surface area contributed by atoms with Gasteiger partial charge in [-0.2, -0.15) is 0 Å². The summed E-state index contributed by atoms with van der Waals surface area (Å²) in [7, 11) is 1.32. The van der Waals surface area contributed by atoms with Crippen LogP contribution in [-0.4, -0.2) is 36.0 Å². The maximum absolute atomic E-state index is 12.8. The molecule has 3 aromatic rings. The molecule has 1 aliphatic rings. The molecule has 2 heterocycles. The van der Waals surface area contributed by atoms with E-state index < -0.39 is 23.9 Å². The number of rotatable bonds is 6. The maximum Gasteiger partial charge on any atom is 0.342 e. The van der Waals surface area contributed by atoms with E-state index in [1.807, 2.05) is 18.2 Å². The Morgan fingerprint density at radius 1 is 1.15 bits per heavy atom. The molecule has 1 aliphatic carbocycles. The molecule has 0 saturated heterocycles. The van der Waals surface area contributed by atoms with E-state index in [0.29, 0.717) is 22.9 Å². The van der Waals surface area contributed by atoms with Crippen LogP contribution in [-0.2, 0) is 27.1 Å². The van der Waals surface area contributed by atoms with Gasteiger partial charge in [0.1, 0.15) is 10.2 Å². The quantitative estimate of drug-likeness (QED) is 0.378. The fraction of sp³-hybridized carbons (Fsp3) is 0.280. The van der Waals surface area contributed by atoms with Gasteiger partial charge < -0.3 is 14.8 Å². The van der Waals surface area contributed by atoms with Crippen molar-refractivity contribution in [1.29, 1.82) is 0 Å². The van der Waals surface area contributed by atoms with Crippen LogP contribution >= 0.6 is 22.9 Å². The number of thiophene rings is 1. The molecule has 0 radical (unpaired) electrons. The van der Waals surface area contributed by atoms with Crippen molar-refractivity contribution in [3.05, 3.63) is 80.9 Å². The van der Waals surface area contributed by atoms with E-state index in [9.17, 15) is 14.4 Å². The van der Waals surface area contributed by atoms with Crippen molar-refractivity contribution >= 4 is 45.8 Å². The van der Waals surface area contributed by atoms with Crippen molar-refractivity contribution in [2.45, 2.75) is 38.2 Å². The van der Waals surface area contributed by atoms with Crippen LogP contribution in [0, 0.1) is 0 Å². The number of nitrogens with zero attached hydrogens (tertiary/aromatic N) is 1. The highest BCUT2D eigenvalue weighted by molar-refractivity contribution is 7.17. The second-order valence-corrected chi connectivity index (χ2v) is 9.39. The molecule has 2 aromatic heterocycles. The van der Waals surface area contributed by atoms with E-state index in [2.05, 4.69) is 22.4 Å². The molecule has 1 amide bonds. The number of benzene rings is 1. The molecule has 34 heavy (non-hydrogen) atoms. The monoisotopic (exact) mass is 498 g/mol. The van der Waals surface area contributed by atoms with Gasteiger partial charge in [-0.05, 0) is 55.4 Å². The van der Waals surface area contributed by atoms with E-state index in [1.165, 1.54) is 43.2 Å². The van der Waals surface area contributed by atoms with Crippen molar-refractivity contribution in [2.75, 3.05) is 12.4 Å². The smallest absolute Gasteiger partial charge is 0.342 e. The number of esters is 2. The zero-order chi connectivity index (χ0) is 24.2. The molecule has 2 unspecified atom stereocenters. The Morgan fingerprint density at radius 2 is 1.91 bits per heavy atom. The van der Waals surface area contributed by atoms with Crippen molar-refractivity contribution in [3.8, 4) is 0 Å². The molecule has 2 atom stereocenters. The van der Waals surface area contributed by atoms with Gasteiger partial charge in [-0.1, -0.05) is 41.9 Å². The predicted octanol–water partition coefficient (Wildman–Crippen LogP) is 5.04. The molecule has 0 bridgehead atoms. The number of aromatic nitrogens is 1. The minimum atomic E-state index is -1.12. The van der Waals surface area contributed by atoms with Gasteiger partial charge in [-0.15, -0.1) is 11.3 Å². The zero-order valence-corrected chi connectivity index (χ0v) is 20.2. The lowest BCUT2D eigenvalue weighted by Crippen LogP contribution is -2.30. The van der Waals surface area contributed by atoms with E-state index in [0.717, 1.165) is 23.3 Å². The number of hydrogen-bond acceptors (Lipinski definition) is 7. The van der Waals surface area contributed by atoms with Gasteiger partial charge in [0.15, 0.2) is 6.10 Å². The number of pyridine rings is 1. The van der Waals surface area contributed by atoms with Gasteiger partial charge in [-0.25, -0.2) is 14.6 Å². The summed E-state index contributed by atoms with van der Waals surface area (Å²) in [5.74, 6) is -1.48. The number of fused-ring (bicyclic) bond motifs is 1. The van der Waals surface area contributed by atoms with Gasteiger partial charge in [-0.3, -0.25) is 4.79 Å². The first-order chi connectivity index (χ1) is 16.4. The average Bonchev–Trinajstić information content (AvgIpc) is 3.21. The summed E-state index contributed by atoms with van der Waals surface area (Å²) in [4.78, 5) is 42.7. The molecule has 9 heteroatoms. The predicted molar refractivity (Wildman–Crippen MR) is 130 cm³/mol. The number of nitrogens with one attached hydrogen (secondary N) is 1. The van der Waals surface area contributed by atoms with Gasteiger partial charge in [0.25, 0.3) is 5.91 Å². The van der Waals surface area contributed by atoms with Crippen LogP contribution in [0.5, 0.6) is 0 Å². The third-order valence-electron chi connectivity index (χ3n) is 5.79. The molecule has 4 rings (SSSR count). The summed E-state index contributed by atoms with van der Waals surface area (Å²) in [6.45, 7) is 1.45. The van der Waals surface area contributed by atoms with Crippen LogP contribution in [0.25, 0.3) is 0 Å². The first kappa shape index (κ1) is 23.9. The van der Waals surface area contributed by atoms with Crippen LogP contribution in [0.4, 0.5) is 5.00 Å². The van der Waals surface area contributed by atoms with E-state index >= 15 is 0 Å². The van der Waals surface area contributed by atoms with Gasteiger partial charge in [0, 0.05) is 11.1 Å². The van der Waals surface area contributed by atoms with Crippen molar-refractivity contribution in [2.24, 2.45) is 0 Å². The van der Waals surface area contributed by atoms with Crippen LogP contribution < -0.4 is 5.32 Å². The highest BCUT2D eigenvalue weighted by Gasteiger charge is 2.31. The molecule has 0 saturated carbocycles. The zero-order valence-electron chi connectivity index (χ0n) is 18.7. The second-order valence-electron chi connectivity index (χ2n) is 7.93. The largest absolute Gasteiger partial charge is 0.465 e. The molecule has 0 spiro atoms. The van der Waals surface area contributed by atoms with Gasteiger partial charge in [0.2, 0.25) is 0 Å². The lowest BCUT2D eigenvalue weighted by Gasteiger charge is -2.22. The second kappa shape index (κ2) is 10.4. The van der Waals surface area contributed by atoms with E-state index in [-0.39, 0.29) is 10.7 Å². The number of methoxy groups -OCH3 is 1. The first-order valence-corrected chi connectivity index (χ1v) is 12.0. The highest BCUT2D eigenvalue weighted by atomic mass is 35.5. The van der Waals surface area contributed by atoms with Crippen molar-refractivity contribution < 1.29 is 23.9 Å². The molecule has 176 valence electrons. The van der Waals surface area contributed by atoms with Crippen molar-refractivity contribution in [3.63, 3.8) is 0 Å². The molecule has 1 N–H and O–H groups in total. The van der Waals surface area contributed by atoms with Crippen LogP contribution in [0.1, 0.15) is 56.0 Å². The summed E-state index contributed by atoms with van der Waals surface area (Å²) in [6.07, 6.45) is 2.70. The number of amides is 1. The maximum atomic E-state index is 12.8. The standard InChI is InChI=1S/C25H23ClN2O5S/c1-14(33-24(30)18-9-6-12-27-21(18)26)22(29)28-23-20(25(31)32-2)17-11-10-16(13-19(17)34-23)15-7-4-3-5-8-15/h3-9,12,14,16H,10-11,13H2,1-2H3,(H,28,29). The third kappa shape index (κ3) is 4.98. The normalized spacial score (nSPS) is 15.7. The molecular weight excluding hydrogens is 476 g/mol. The molecule has 7 nitrogen and oxygen atoms in total. The Bertz CT molecular complexity index is 1230. The lowest BCUT2D eigenvalue weighted by atomic mass is 9.83. The molecule has 0 aliphatic heterocycles. The topological polar surface area (TPSA) is 94.6 Å². The summed E-state index contributed by atoms with van der Waals surface area (Å²) < 4.78 is 10.3. The van der Waals surface area contributed by atoms with Crippen LogP contribution in [0.2, 0.25) is 5.15 Å². The number of carbonyl (C=O) groups excluding carboxylic acids is 3. The average molecular weight is 499 g/mol. The fourth-order valence-electron chi connectivity index (χ4n) is 4.03. The summed E-state index contributed by atoms with van der Waals surface area (Å²) in [5.41, 5.74) is 2.60. The van der Waals surface area contributed by atoms with E-state index in [4.69, 9.17) is 21.1 Å². The molecule has 0 fully saturated rings. The van der Waals surface area contributed by atoms with Crippen molar-refractivity contribution in [1.82, 2.24) is 4.98 Å². The van der Waals surface area contributed by atoms with Gasteiger partial charge in [0.05, 0.1) is 18.2 Å². The summed E-state index contributed by atoms with van der Waals surface area (Å²) >= 11 is 7.30. The molecule has 1 aromatic carbocycles. The number of hydrogen-bond donors (Lipinski definition) is 1. The van der Waals surface area contributed by atoms with Crippen LogP contribution in [0.3, 0.4) is 0 Å². The minimum absolute atomic E-state index is 0.00742. The number of carbonyl (C=O) groups is 3. The van der Waals surface area contributed by atoms with E-state index in [1.54, 1.807) is 6.07 Å². The van der Waals surface area contributed by atoms with Gasteiger partial charge >= 0.3 is 11.9 Å². The number of ether oxygens (including phenoxy) is 2. The Balaban J connectivity index is 1.53. The Hall–Kier alpha value is -3.23.